The summed E-state index contributed by atoms with van der Waals surface area (Å²) in [4.78, 5) is 4.58. The van der Waals surface area contributed by atoms with Crippen molar-refractivity contribution in [2.45, 2.75) is 12.5 Å². The van der Waals surface area contributed by atoms with Crippen LogP contribution >= 0.6 is 15.9 Å². The smallest absolute Gasteiger partial charge is 0.126 e. The molecule has 92 valence electrons. The molecule has 1 unspecified atom stereocenters. The average molecular weight is 298 g/mol. The number of aryl methyl sites for hydroxylation is 1. The normalized spacial score (nSPS) is 13.2. The van der Waals surface area contributed by atoms with Crippen LogP contribution in [0.2, 0.25) is 0 Å². The second-order valence-electron chi connectivity index (χ2n) is 4.05. The molecule has 0 spiro atoms. The molecule has 2 rings (SSSR count). The molecule has 1 heterocycles. The predicted molar refractivity (Wildman–Crippen MR) is 71.8 cm³/mol. The summed E-state index contributed by atoms with van der Waals surface area (Å²) in [6, 6.07) is 5.96. The first kappa shape index (κ1) is 12.5. The first-order valence-corrected chi connectivity index (χ1v) is 6.29. The van der Waals surface area contributed by atoms with Gasteiger partial charge in [0.15, 0.2) is 0 Å². The zero-order valence-electron chi connectivity index (χ0n) is 9.98. The van der Waals surface area contributed by atoms with Gasteiger partial charge >= 0.3 is 0 Å². The maximum absolute atomic E-state index is 6.11. The van der Waals surface area contributed by atoms with E-state index >= 15 is 0 Å². The van der Waals surface area contributed by atoms with Crippen LogP contribution in [-0.4, -0.2) is 23.3 Å². The molecule has 0 saturated carbocycles. The SMILES string of the molecule is COCCC(N)c1nc2cc(Br)ccc2n1C. The van der Waals surface area contributed by atoms with Gasteiger partial charge in [-0.3, -0.25) is 0 Å². The third-order valence-electron chi connectivity index (χ3n) is 2.84. The summed E-state index contributed by atoms with van der Waals surface area (Å²) in [5, 5.41) is 0. The molecule has 0 saturated heterocycles. The second kappa shape index (κ2) is 5.16. The molecule has 0 fully saturated rings. The Balaban J connectivity index is 2.37. The van der Waals surface area contributed by atoms with E-state index < -0.39 is 0 Å². The fourth-order valence-electron chi connectivity index (χ4n) is 1.90. The van der Waals surface area contributed by atoms with Gasteiger partial charge in [-0.1, -0.05) is 15.9 Å². The Morgan fingerprint density at radius 1 is 1.53 bits per heavy atom. The number of nitrogens with zero attached hydrogens (tertiary/aromatic N) is 2. The average Bonchev–Trinajstić information content (AvgIpc) is 2.63. The summed E-state index contributed by atoms with van der Waals surface area (Å²) < 4.78 is 8.11. The summed E-state index contributed by atoms with van der Waals surface area (Å²) in [5.41, 5.74) is 8.17. The number of nitrogens with two attached hydrogens (primary N) is 1. The summed E-state index contributed by atoms with van der Waals surface area (Å²) in [6.07, 6.45) is 0.773. The van der Waals surface area contributed by atoms with E-state index in [2.05, 4.69) is 20.9 Å². The molecular weight excluding hydrogens is 282 g/mol. The van der Waals surface area contributed by atoms with Crippen LogP contribution in [0.5, 0.6) is 0 Å². The van der Waals surface area contributed by atoms with Crippen molar-refractivity contribution in [1.29, 1.82) is 0 Å². The van der Waals surface area contributed by atoms with Gasteiger partial charge in [0.2, 0.25) is 0 Å². The molecule has 17 heavy (non-hydrogen) atoms. The first-order chi connectivity index (χ1) is 8.13. The first-order valence-electron chi connectivity index (χ1n) is 5.50. The lowest BCUT2D eigenvalue weighted by atomic mass is 10.2. The van der Waals surface area contributed by atoms with Gasteiger partial charge in [-0.2, -0.15) is 0 Å². The van der Waals surface area contributed by atoms with E-state index in [0.717, 1.165) is 27.8 Å². The van der Waals surface area contributed by atoms with Crippen molar-refractivity contribution in [1.82, 2.24) is 9.55 Å². The van der Waals surface area contributed by atoms with Crippen molar-refractivity contribution in [3.63, 3.8) is 0 Å². The van der Waals surface area contributed by atoms with E-state index in [1.165, 1.54) is 0 Å². The molecule has 2 aromatic rings. The minimum absolute atomic E-state index is 0.0916. The maximum Gasteiger partial charge on any atom is 0.126 e. The molecule has 0 radical (unpaired) electrons. The van der Waals surface area contributed by atoms with Crippen molar-refractivity contribution in [2.75, 3.05) is 13.7 Å². The molecule has 0 aliphatic carbocycles. The minimum atomic E-state index is -0.0916. The van der Waals surface area contributed by atoms with Gasteiger partial charge in [0.1, 0.15) is 5.82 Å². The van der Waals surface area contributed by atoms with Crippen molar-refractivity contribution >= 4 is 27.0 Å². The number of halogens is 1. The molecule has 0 bridgehead atoms. The predicted octanol–water partition coefficient (Wildman–Crippen LogP) is 2.37. The van der Waals surface area contributed by atoms with Crippen molar-refractivity contribution < 1.29 is 4.74 Å². The Hall–Kier alpha value is -0.910. The molecule has 0 aliphatic heterocycles. The number of aromatic nitrogens is 2. The fourth-order valence-corrected chi connectivity index (χ4v) is 2.25. The molecule has 1 aromatic heterocycles. The van der Waals surface area contributed by atoms with Crippen LogP contribution in [0.15, 0.2) is 22.7 Å². The van der Waals surface area contributed by atoms with Gasteiger partial charge in [0.25, 0.3) is 0 Å². The maximum atomic E-state index is 6.11. The highest BCUT2D eigenvalue weighted by molar-refractivity contribution is 9.10. The second-order valence-corrected chi connectivity index (χ2v) is 4.97. The van der Waals surface area contributed by atoms with Gasteiger partial charge in [-0.15, -0.1) is 0 Å². The van der Waals surface area contributed by atoms with Crippen LogP contribution in [0.3, 0.4) is 0 Å². The Morgan fingerprint density at radius 3 is 3.00 bits per heavy atom. The Kier molecular flexibility index (Phi) is 3.81. The van der Waals surface area contributed by atoms with Crippen LogP contribution in [0.1, 0.15) is 18.3 Å². The third kappa shape index (κ3) is 2.51. The summed E-state index contributed by atoms with van der Waals surface area (Å²) in [7, 11) is 3.67. The molecule has 2 N–H and O–H groups in total. The van der Waals surface area contributed by atoms with Crippen LogP contribution in [0.4, 0.5) is 0 Å². The van der Waals surface area contributed by atoms with Crippen molar-refractivity contribution in [2.24, 2.45) is 12.8 Å². The van der Waals surface area contributed by atoms with Crippen LogP contribution < -0.4 is 5.73 Å². The van der Waals surface area contributed by atoms with Gasteiger partial charge in [-0.25, -0.2) is 4.98 Å². The van der Waals surface area contributed by atoms with E-state index in [9.17, 15) is 0 Å². The standard InChI is InChI=1S/C12H16BrN3O/c1-16-11-4-3-8(13)7-10(11)15-12(16)9(14)5-6-17-2/h3-4,7,9H,5-6,14H2,1-2H3. The van der Waals surface area contributed by atoms with Gasteiger partial charge in [0.05, 0.1) is 17.1 Å². The molecule has 5 heteroatoms. The molecule has 4 nitrogen and oxygen atoms in total. The molecule has 0 aliphatic rings. The number of methoxy groups -OCH3 is 1. The van der Waals surface area contributed by atoms with E-state index in [0.29, 0.717) is 6.61 Å². The highest BCUT2D eigenvalue weighted by Gasteiger charge is 2.14. The summed E-state index contributed by atoms with van der Waals surface area (Å²) in [6.45, 7) is 0.647. The summed E-state index contributed by atoms with van der Waals surface area (Å²) >= 11 is 3.44. The number of fused-ring (bicyclic) bond motifs is 1. The minimum Gasteiger partial charge on any atom is -0.385 e. The van der Waals surface area contributed by atoms with Crippen molar-refractivity contribution in [3.8, 4) is 0 Å². The topological polar surface area (TPSA) is 53.1 Å². The van der Waals surface area contributed by atoms with Gasteiger partial charge < -0.3 is 15.0 Å². The molecular formula is C12H16BrN3O. The highest BCUT2D eigenvalue weighted by Crippen LogP contribution is 2.23. The number of hydrogen-bond donors (Lipinski definition) is 1. The number of rotatable bonds is 4. The van der Waals surface area contributed by atoms with E-state index in [-0.39, 0.29) is 6.04 Å². The lowest BCUT2D eigenvalue weighted by Gasteiger charge is -2.10. The zero-order valence-corrected chi connectivity index (χ0v) is 11.6. The van der Waals surface area contributed by atoms with E-state index in [4.69, 9.17) is 10.5 Å². The van der Waals surface area contributed by atoms with Gasteiger partial charge in [-0.05, 0) is 24.6 Å². The van der Waals surface area contributed by atoms with E-state index in [1.54, 1.807) is 7.11 Å². The zero-order chi connectivity index (χ0) is 12.4. The third-order valence-corrected chi connectivity index (χ3v) is 3.34. The monoisotopic (exact) mass is 297 g/mol. The molecule has 1 atom stereocenters. The fraction of sp³-hybridized carbons (Fsp3) is 0.417. The highest BCUT2D eigenvalue weighted by atomic mass is 79.9. The lowest BCUT2D eigenvalue weighted by Crippen LogP contribution is -2.17. The van der Waals surface area contributed by atoms with Crippen LogP contribution in [0.25, 0.3) is 11.0 Å². The summed E-state index contributed by atoms with van der Waals surface area (Å²) in [5.74, 6) is 0.898. The Labute approximate surface area is 109 Å². The van der Waals surface area contributed by atoms with Crippen molar-refractivity contribution in [3.05, 3.63) is 28.5 Å². The number of benzene rings is 1. The Bertz CT molecular complexity index is 524. The number of hydrogen-bond acceptors (Lipinski definition) is 3. The van der Waals surface area contributed by atoms with Crippen LogP contribution in [0, 0.1) is 0 Å². The van der Waals surface area contributed by atoms with Crippen LogP contribution in [-0.2, 0) is 11.8 Å². The molecule has 1 aromatic carbocycles. The van der Waals surface area contributed by atoms with Gasteiger partial charge in [0, 0.05) is 25.2 Å². The van der Waals surface area contributed by atoms with E-state index in [1.807, 2.05) is 29.8 Å². The number of ether oxygens (including phenoxy) is 1. The molecule has 0 amide bonds. The number of imidazole rings is 1. The Morgan fingerprint density at radius 2 is 2.29 bits per heavy atom. The largest absolute Gasteiger partial charge is 0.385 e. The quantitative estimate of drug-likeness (QED) is 0.943. The lowest BCUT2D eigenvalue weighted by molar-refractivity contribution is 0.187.